The molecule has 4 rings (SSSR count). The number of ether oxygens (including phenoxy) is 1. The molecule has 8 nitrogen and oxygen atoms in total. The lowest BCUT2D eigenvalue weighted by atomic mass is 10.0. The van der Waals surface area contributed by atoms with Crippen LogP contribution in [0.5, 0.6) is 5.75 Å². The number of pyridine rings is 1. The molecule has 2 aromatic heterocycles. The normalized spacial score (nSPS) is 12.8. The van der Waals surface area contributed by atoms with Crippen molar-refractivity contribution >= 4 is 10.9 Å². The monoisotopic (exact) mass is 506 g/mol. The summed E-state index contributed by atoms with van der Waals surface area (Å²) in [5.74, 6) is 1.21. The molecule has 2 aromatic carbocycles. The van der Waals surface area contributed by atoms with E-state index >= 15 is 0 Å². The van der Waals surface area contributed by atoms with Crippen molar-refractivity contribution in [2.75, 3.05) is 6.61 Å². The van der Waals surface area contributed by atoms with Gasteiger partial charge in [0.05, 0.1) is 18.2 Å². The van der Waals surface area contributed by atoms with E-state index in [1.807, 2.05) is 35.9 Å². The molecular formula is C28H35FN6O2. The third kappa shape index (κ3) is 5.88. The number of H-pyrrole nitrogens is 1. The number of rotatable bonds is 11. The predicted molar refractivity (Wildman–Crippen MR) is 142 cm³/mol. The zero-order valence-electron chi connectivity index (χ0n) is 22.2. The number of halogens is 1. The molecule has 0 saturated heterocycles. The predicted octanol–water partition coefficient (Wildman–Crippen LogP) is 5.35. The summed E-state index contributed by atoms with van der Waals surface area (Å²) in [6.07, 6.45) is 1.58. The van der Waals surface area contributed by atoms with E-state index in [2.05, 4.69) is 53.1 Å². The Morgan fingerprint density at radius 3 is 2.51 bits per heavy atom. The van der Waals surface area contributed by atoms with Crippen molar-refractivity contribution in [3.63, 3.8) is 0 Å². The van der Waals surface area contributed by atoms with E-state index in [1.165, 1.54) is 12.1 Å². The Bertz CT molecular complexity index is 1400. The lowest BCUT2D eigenvalue weighted by Gasteiger charge is -2.33. The van der Waals surface area contributed by atoms with Crippen molar-refractivity contribution in [1.29, 1.82) is 0 Å². The minimum atomic E-state index is -0.285. The van der Waals surface area contributed by atoms with Crippen LogP contribution < -0.4 is 10.3 Å². The van der Waals surface area contributed by atoms with Gasteiger partial charge in [-0.25, -0.2) is 9.07 Å². The molecule has 0 spiro atoms. The Balaban J connectivity index is 1.77. The van der Waals surface area contributed by atoms with Gasteiger partial charge in [0.15, 0.2) is 5.82 Å². The molecule has 0 amide bonds. The van der Waals surface area contributed by atoms with Crippen molar-refractivity contribution in [2.45, 2.75) is 72.1 Å². The summed E-state index contributed by atoms with van der Waals surface area (Å²) in [6.45, 7) is 11.8. The second kappa shape index (κ2) is 11.2. The topological polar surface area (TPSA) is 88.9 Å². The lowest BCUT2D eigenvalue weighted by Crippen LogP contribution is -2.36. The first-order valence-corrected chi connectivity index (χ1v) is 12.8. The number of hydrogen-bond acceptors (Lipinski definition) is 6. The third-order valence-corrected chi connectivity index (χ3v) is 6.93. The van der Waals surface area contributed by atoms with Crippen molar-refractivity contribution in [2.24, 2.45) is 0 Å². The van der Waals surface area contributed by atoms with Gasteiger partial charge in [0, 0.05) is 29.6 Å². The van der Waals surface area contributed by atoms with Crippen molar-refractivity contribution < 1.29 is 9.13 Å². The second-order valence-electron chi connectivity index (χ2n) is 9.88. The van der Waals surface area contributed by atoms with Gasteiger partial charge in [-0.05, 0) is 86.0 Å². The molecule has 0 saturated carbocycles. The van der Waals surface area contributed by atoms with E-state index < -0.39 is 0 Å². The minimum Gasteiger partial charge on any atom is -0.494 e. The van der Waals surface area contributed by atoms with Crippen molar-refractivity contribution in [3.8, 4) is 5.75 Å². The fourth-order valence-electron chi connectivity index (χ4n) is 4.51. The van der Waals surface area contributed by atoms with Crippen LogP contribution in [0.4, 0.5) is 4.39 Å². The molecule has 2 heterocycles. The minimum absolute atomic E-state index is 0.149. The Morgan fingerprint density at radius 1 is 1.08 bits per heavy atom. The maximum absolute atomic E-state index is 13.6. The lowest BCUT2D eigenvalue weighted by molar-refractivity contribution is 0.150. The third-order valence-electron chi connectivity index (χ3n) is 6.93. The van der Waals surface area contributed by atoms with Crippen LogP contribution in [0.1, 0.15) is 70.5 Å². The van der Waals surface area contributed by atoms with Gasteiger partial charge in [0.1, 0.15) is 11.6 Å². The van der Waals surface area contributed by atoms with Gasteiger partial charge in [-0.2, -0.15) is 0 Å². The summed E-state index contributed by atoms with van der Waals surface area (Å²) in [7, 11) is 0. The summed E-state index contributed by atoms with van der Waals surface area (Å²) in [4.78, 5) is 18.3. The fourth-order valence-corrected chi connectivity index (χ4v) is 4.51. The standard InChI is InChI=1S/C28H35FN6O2/c1-6-25(26-31-32-33-35(26)28(4,5)7-2)34(17-19-9-11-22(29)12-10-19)18-21-15-20-16-23(37-8-3)13-14-24(20)30-27(21)36/h9-16,25H,6-8,17-18H2,1-5H3,(H,30,36)/t25-/m0/s1. The molecule has 0 radical (unpaired) electrons. The smallest absolute Gasteiger partial charge is 0.252 e. The Kier molecular flexibility index (Phi) is 8.02. The Hall–Kier alpha value is -3.59. The number of aromatic amines is 1. The Morgan fingerprint density at radius 2 is 1.84 bits per heavy atom. The summed E-state index contributed by atoms with van der Waals surface area (Å²) in [5.41, 5.74) is 1.89. The van der Waals surface area contributed by atoms with E-state index in [1.54, 1.807) is 12.1 Å². The first kappa shape index (κ1) is 26.5. The molecule has 0 bridgehead atoms. The average molecular weight is 507 g/mol. The molecule has 4 aromatic rings. The van der Waals surface area contributed by atoms with Crippen LogP contribution in [0.3, 0.4) is 0 Å². The summed E-state index contributed by atoms with van der Waals surface area (Å²) in [6, 6.07) is 13.8. The van der Waals surface area contributed by atoms with Gasteiger partial charge in [-0.3, -0.25) is 9.69 Å². The zero-order valence-corrected chi connectivity index (χ0v) is 22.2. The number of nitrogens with one attached hydrogen (secondary N) is 1. The number of aromatic nitrogens is 5. The first-order chi connectivity index (χ1) is 17.7. The van der Waals surface area contributed by atoms with Crippen LogP contribution >= 0.6 is 0 Å². The molecule has 0 fully saturated rings. The highest BCUT2D eigenvalue weighted by molar-refractivity contribution is 5.80. The molecule has 9 heteroatoms. The first-order valence-electron chi connectivity index (χ1n) is 12.8. The SMILES string of the molecule is CCOc1ccc2[nH]c(=O)c(CN(Cc3ccc(F)cc3)[C@@H](CC)c3nnnn3C(C)(C)CC)cc2c1. The summed E-state index contributed by atoms with van der Waals surface area (Å²) >= 11 is 0. The number of benzene rings is 2. The van der Waals surface area contributed by atoms with E-state index in [4.69, 9.17) is 4.74 Å². The highest BCUT2D eigenvalue weighted by Gasteiger charge is 2.31. The van der Waals surface area contributed by atoms with Gasteiger partial charge in [0.2, 0.25) is 0 Å². The molecule has 37 heavy (non-hydrogen) atoms. The molecule has 0 aliphatic rings. The fraction of sp³-hybridized carbons (Fsp3) is 0.429. The van der Waals surface area contributed by atoms with Crippen LogP contribution in [0, 0.1) is 5.82 Å². The average Bonchev–Trinajstić information content (AvgIpc) is 3.37. The molecule has 196 valence electrons. The molecular weight excluding hydrogens is 471 g/mol. The van der Waals surface area contributed by atoms with E-state index in [0.717, 1.165) is 40.9 Å². The van der Waals surface area contributed by atoms with E-state index in [-0.39, 0.29) is 23.0 Å². The maximum Gasteiger partial charge on any atom is 0.252 e. The molecule has 1 N–H and O–H groups in total. The van der Waals surface area contributed by atoms with E-state index in [0.29, 0.717) is 25.3 Å². The van der Waals surface area contributed by atoms with Crippen LogP contribution in [0.2, 0.25) is 0 Å². The molecule has 0 aliphatic heterocycles. The van der Waals surface area contributed by atoms with Crippen molar-refractivity contribution in [1.82, 2.24) is 30.1 Å². The van der Waals surface area contributed by atoms with Gasteiger partial charge in [-0.15, -0.1) is 5.10 Å². The van der Waals surface area contributed by atoms with Gasteiger partial charge in [-0.1, -0.05) is 26.0 Å². The molecule has 1 atom stereocenters. The number of fused-ring (bicyclic) bond motifs is 1. The quantitative estimate of drug-likeness (QED) is 0.295. The number of hydrogen-bond donors (Lipinski definition) is 1. The van der Waals surface area contributed by atoms with Gasteiger partial charge in [0.25, 0.3) is 5.56 Å². The number of nitrogens with zero attached hydrogens (tertiary/aromatic N) is 5. The second-order valence-corrected chi connectivity index (χ2v) is 9.88. The molecule has 0 unspecified atom stereocenters. The van der Waals surface area contributed by atoms with Crippen LogP contribution in [-0.2, 0) is 18.6 Å². The largest absolute Gasteiger partial charge is 0.494 e. The van der Waals surface area contributed by atoms with Gasteiger partial charge >= 0.3 is 0 Å². The van der Waals surface area contributed by atoms with Gasteiger partial charge < -0.3 is 9.72 Å². The van der Waals surface area contributed by atoms with E-state index in [9.17, 15) is 9.18 Å². The number of tetrazole rings is 1. The van der Waals surface area contributed by atoms with Crippen molar-refractivity contribution in [3.05, 3.63) is 81.7 Å². The maximum atomic E-state index is 13.6. The highest BCUT2D eigenvalue weighted by atomic mass is 19.1. The van der Waals surface area contributed by atoms with Crippen LogP contribution in [0.25, 0.3) is 10.9 Å². The molecule has 0 aliphatic carbocycles. The Labute approximate surface area is 216 Å². The van der Waals surface area contributed by atoms with Crippen LogP contribution in [0.15, 0.2) is 53.3 Å². The summed E-state index contributed by atoms with van der Waals surface area (Å²) < 4.78 is 21.2. The highest BCUT2D eigenvalue weighted by Crippen LogP contribution is 2.30. The van der Waals surface area contributed by atoms with Crippen LogP contribution in [-0.4, -0.2) is 36.7 Å². The summed E-state index contributed by atoms with van der Waals surface area (Å²) in [5, 5.41) is 13.6. The zero-order chi connectivity index (χ0) is 26.6.